The Morgan fingerprint density at radius 1 is 0.905 bits per heavy atom. The molecule has 4 aliphatic rings. The molecule has 2 heteroatoms. The Balaban J connectivity index is 1.34. The van der Waals surface area contributed by atoms with Gasteiger partial charge in [-0.1, -0.05) is 24.3 Å². The zero-order valence-corrected chi connectivity index (χ0v) is 12.9. The summed E-state index contributed by atoms with van der Waals surface area (Å²) in [5.74, 6) is 3.06. The van der Waals surface area contributed by atoms with Crippen molar-refractivity contribution >= 4 is 0 Å². The molecule has 0 saturated heterocycles. The third-order valence-electron chi connectivity index (χ3n) is 6.16. The second-order valence-corrected chi connectivity index (χ2v) is 7.85. The molecule has 0 unspecified atom stereocenters. The number of nitrogens with one attached hydrogen (secondary N) is 1. The maximum Gasteiger partial charge on any atom is 0.0681 e. The van der Waals surface area contributed by atoms with E-state index >= 15 is 0 Å². The first-order valence-electron chi connectivity index (χ1n) is 8.68. The van der Waals surface area contributed by atoms with Gasteiger partial charge in [0, 0.05) is 5.54 Å². The van der Waals surface area contributed by atoms with E-state index in [9.17, 15) is 0 Å². The molecular weight excluding hydrogens is 258 g/mol. The molecule has 2 nitrogen and oxygen atoms in total. The van der Waals surface area contributed by atoms with E-state index in [1.807, 2.05) is 12.1 Å². The lowest BCUT2D eigenvalue weighted by Crippen LogP contribution is -2.58. The Bertz CT molecular complexity index is 458. The fraction of sp³-hybridized carbons (Fsp3) is 0.684. The molecule has 0 spiro atoms. The van der Waals surface area contributed by atoms with Crippen LogP contribution in [0.4, 0.5) is 0 Å². The van der Waals surface area contributed by atoms with Gasteiger partial charge < -0.3 is 10.4 Å². The van der Waals surface area contributed by atoms with E-state index in [4.69, 9.17) is 5.11 Å². The van der Waals surface area contributed by atoms with Crippen LogP contribution in [-0.2, 0) is 13.0 Å². The molecule has 4 saturated carbocycles. The number of hydrogen-bond acceptors (Lipinski definition) is 2. The van der Waals surface area contributed by atoms with Crippen molar-refractivity contribution < 1.29 is 5.11 Å². The zero-order valence-electron chi connectivity index (χ0n) is 12.9. The molecule has 4 bridgehead atoms. The minimum Gasteiger partial charge on any atom is -0.392 e. The minimum absolute atomic E-state index is 0.145. The molecule has 114 valence electrons. The van der Waals surface area contributed by atoms with Gasteiger partial charge in [-0.15, -0.1) is 0 Å². The SMILES string of the molecule is OCc1ccc(CCNC23CC4CC(CC(C4)C2)C3)cc1. The van der Waals surface area contributed by atoms with E-state index in [1.54, 1.807) is 0 Å². The number of rotatable bonds is 5. The van der Waals surface area contributed by atoms with Crippen molar-refractivity contribution in [2.75, 3.05) is 6.54 Å². The average Bonchev–Trinajstić information content (AvgIpc) is 2.46. The summed E-state index contributed by atoms with van der Waals surface area (Å²) in [6.45, 7) is 1.25. The second-order valence-electron chi connectivity index (χ2n) is 7.85. The Hall–Kier alpha value is -0.860. The van der Waals surface area contributed by atoms with Gasteiger partial charge >= 0.3 is 0 Å². The van der Waals surface area contributed by atoms with Crippen LogP contribution in [0, 0.1) is 17.8 Å². The highest BCUT2D eigenvalue weighted by Crippen LogP contribution is 2.55. The normalized spacial score (nSPS) is 37.1. The molecule has 0 radical (unpaired) electrons. The van der Waals surface area contributed by atoms with E-state index in [2.05, 4.69) is 17.4 Å². The lowest BCUT2D eigenvalue weighted by Gasteiger charge is -2.57. The molecule has 0 aromatic heterocycles. The number of benzene rings is 1. The molecule has 0 heterocycles. The molecular formula is C19H27NO. The highest BCUT2D eigenvalue weighted by atomic mass is 16.3. The Kier molecular flexibility index (Phi) is 3.55. The lowest BCUT2D eigenvalue weighted by atomic mass is 9.53. The van der Waals surface area contributed by atoms with Crippen LogP contribution in [0.2, 0.25) is 0 Å². The molecule has 4 fully saturated rings. The highest BCUT2D eigenvalue weighted by Gasteiger charge is 2.50. The van der Waals surface area contributed by atoms with Crippen LogP contribution in [-0.4, -0.2) is 17.2 Å². The van der Waals surface area contributed by atoms with Crippen molar-refractivity contribution in [3.05, 3.63) is 35.4 Å². The van der Waals surface area contributed by atoms with Crippen LogP contribution in [0.5, 0.6) is 0 Å². The topological polar surface area (TPSA) is 32.3 Å². The number of hydrogen-bond donors (Lipinski definition) is 2. The highest BCUT2D eigenvalue weighted by molar-refractivity contribution is 5.22. The first-order valence-corrected chi connectivity index (χ1v) is 8.68. The first kappa shape index (κ1) is 13.8. The van der Waals surface area contributed by atoms with Crippen LogP contribution in [0.25, 0.3) is 0 Å². The van der Waals surface area contributed by atoms with Gasteiger partial charge in [0.2, 0.25) is 0 Å². The minimum atomic E-state index is 0.145. The summed E-state index contributed by atoms with van der Waals surface area (Å²) < 4.78 is 0. The fourth-order valence-electron chi connectivity index (χ4n) is 5.61. The van der Waals surface area contributed by atoms with E-state index in [-0.39, 0.29) is 6.61 Å². The molecule has 0 aliphatic heterocycles. The smallest absolute Gasteiger partial charge is 0.0681 e. The van der Waals surface area contributed by atoms with Crippen molar-refractivity contribution in [3.63, 3.8) is 0 Å². The quantitative estimate of drug-likeness (QED) is 0.870. The molecule has 0 atom stereocenters. The maximum absolute atomic E-state index is 9.09. The molecule has 1 aromatic rings. The van der Waals surface area contributed by atoms with E-state index in [1.165, 1.54) is 44.1 Å². The summed E-state index contributed by atoms with van der Waals surface area (Å²) in [6, 6.07) is 8.40. The lowest BCUT2D eigenvalue weighted by molar-refractivity contribution is -0.0192. The summed E-state index contributed by atoms with van der Waals surface area (Å²) in [5, 5.41) is 13.0. The summed E-state index contributed by atoms with van der Waals surface area (Å²) in [7, 11) is 0. The molecule has 4 aliphatic carbocycles. The number of aliphatic hydroxyl groups excluding tert-OH is 1. The Morgan fingerprint density at radius 3 is 1.95 bits per heavy atom. The Morgan fingerprint density at radius 2 is 1.43 bits per heavy atom. The van der Waals surface area contributed by atoms with Crippen molar-refractivity contribution in [1.82, 2.24) is 5.32 Å². The van der Waals surface area contributed by atoms with Crippen LogP contribution in [0.15, 0.2) is 24.3 Å². The summed E-state index contributed by atoms with van der Waals surface area (Å²) in [5.41, 5.74) is 2.87. The summed E-state index contributed by atoms with van der Waals surface area (Å²) in [4.78, 5) is 0. The van der Waals surface area contributed by atoms with Crippen LogP contribution in [0.3, 0.4) is 0 Å². The standard InChI is InChI=1S/C19H27NO/c21-13-15-3-1-14(2-4-15)5-6-20-19-10-16-7-17(11-19)9-18(8-16)12-19/h1-4,16-18,20-21H,5-13H2. The van der Waals surface area contributed by atoms with Gasteiger partial charge in [-0.3, -0.25) is 0 Å². The van der Waals surface area contributed by atoms with Gasteiger partial charge in [0.05, 0.1) is 6.61 Å². The van der Waals surface area contributed by atoms with Crippen molar-refractivity contribution in [2.45, 2.75) is 57.1 Å². The van der Waals surface area contributed by atoms with Crippen LogP contribution in [0.1, 0.15) is 49.7 Å². The molecule has 0 amide bonds. The van der Waals surface area contributed by atoms with E-state index in [0.717, 1.165) is 36.3 Å². The summed E-state index contributed by atoms with van der Waals surface area (Å²) >= 11 is 0. The maximum atomic E-state index is 9.09. The van der Waals surface area contributed by atoms with Gasteiger partial charge in [0.25, 0.3) is 0 Å². The summed E-state index contributed by atoms with van der Waals surface area (Å²) in [6.07, 6.45) is 9.96. The second kappa shape index (κ2) is 5.40. The monoisotopic (exact) mass is 285 g/mol. The number of aliphatic hydroxyl groups is 1. The van der Waals surface area contributed by atoms with Gasteiger partial charge in [-0.05, 0) is 80.4 Å². The average molecular weight is 285 g/mol. The van der Waals surface area contributed by atoms with Gasteiger partial charge in [-0.25, -0.2) is 0 Å². The van der Waals surface area contributed by atoms with Gasteiger partial charge in [0.15, 0.2) is 0 Å². The third-order valence-corrected chi connectivity index (χ3v) is 6.16. The van der Waals surface area contributed by atoms with Crippen LogP contribution < -0.4 is 5.32 Å². The zero-order chi connectivity index (χ0) is 14.3. The van der Waals surface area contributed by atoms with E-state index in [0.29, 0.717) is 5.54 Å². The van der Waals surface area contributed by atoms with Crippen molar-refractivity contribution in [3.8, 4) is 0 Å². The largest absolute Gasteiger partial charge is 0.392 e. The fourth-order valence-corrected chi connectivity index (χ4v) is 5.61. The van der Waals surface area contributed by atoms with Crippen molar-refractivity contribution in [2.24, 2.45) is 17.8 Å². The third kappa shape index (κ3) is 2.76. The molecule has 5 rings (SSSR count). The van der Waals surface area contributed by atoms with Gasteiger partial charge in [0.1, 0.15) is 0 Å². The molecule has 21 heavy (non-hydrogen) atoms. The molecule has 2 N–H and O–H groups in total. The first-order chi connectivity index (χ1) is 10.2. The Labute approximate surface area is 128 Å². The predicted octanol–water partition coefficient (Wildman–Crippen LogP) is 3.28. The molecule has 1 aromatic carbocycles. The van der Waals surface area contributed by atoms with Gasteiger partial charge in [-0.2, -0.15) is 0 Å². The van der Waals surface area contributed by atoms with Crippen molar-refractivity contribution in [1.29, 1.82) is 0 Å². The van der Waals surface area contributed by atoms with Crippen LogP contribution >= 0.6 is 0 Å². The van der Waals surface area contributed by atoms with E-state index < -0.39 is 0 Å². The predicted molar refractivity (Wildman–Crippen MR) is 85.0 cm³/mol.